The summed E-state index contributed by atoms with van der Waals surface area (Å²) in [7, 11) is 0. The van der Waals surface area contributed by atoms with Crippen LogP contribution >= 0.6 is 0 Å². The lowest BCUT2D eigenvalue weighted by Gasteiger charge is -2.29. The molecule has 1 aliphatic rings. The fraction of sp³-hybridized carbons (Fsp3) is 0.294. The van der Waals surface area contributed by atoms with Crippen molar-refractivity contribution in [3.05, 3.63) is 58.6 Å². The molecule has 0 spiro atoms. The van der Waals surface area contributed by atoms with E-state index in [0.717, 1.165) is 16.7 Å². The molecule has 106 valence electrons. The summed E-state index contributed by atoms with van der Waals surface area (Å²) in [4.78, 5) is 0. The van der Waals surface area contributed by atoms with Gasteiger partial charge in [-0.1, -0.05) is 29.3 Å². The van der Waals surface area contributed by atoms with Crippen molar-refractivity contribution >= 4 is 0 Å². The first-order valence-electron chi connectivity index (χ1n) is 6.61. The molecule has 0 amide bonds. The molecular weight excluding hydrogens is 264 g/mol. The Kier molecular flexibility index (Phi) is 3.74. The molecule has 0 saturated carbocycles. The van der Waals surface area contributed by atoms with Gasteiger partial charge in [0, 0.05) is 0 Å². The van der Waals surface area contributed by atoms with Crippen LogP contribution in [0.3, 0.4) is 0 Å². The van der Waals surface area contributed by atoms with Crippen LogP contribution in [-0.4, -0.2) is 10.2 Å². The van der Waals surface area contributed by atoms with Gasteiger partial charge < -0.3 is 10.2 Å². The molecule has 21 heavy (non-hydrogen) atoms. The Labute approximate surface area is 123 Å². The van der Waals surface area contributed by atoms with Gasteiger partial charge in [0.15, 0.2) is 11.5 Å². The lowest BCUT2D eigenvalue weighted by Crippen LogP contribution is -2.31. The van der Waals surface area contributed by atoms with E-state index in [-0.39, 0.29) is 11.5 Å². The Morgan fingerprint density at radius 3 is 2.24 bits per heavy atom. The van der Waals surface area contributed by atoms with Gasteiger partial charge in [0.1, 0.15) is 5.41 Å². The molecule has 0 aliphatic heterocycles. The Morgan fingerprint density at radius 1 is 1.10 bits per heavy atom. The molecule has 0 fully saturated rings. The van der Waals surface area contributed by atoms with Crippen molar-refractivity contribution in [3.8, 4) is 12.1 Å². The minimum atomic E-state index is -1.18. The number of aryl methyl sites for hydroxylation is 2. The van der Waals surface area contributed by atoms with Crippen molar-refractivity contribution in [3.63, 3.8) is 0 Å². The highest BCUT2D eigenvalue weighted by Crippen LogP contribution is 2.39. The second-order valence-electron chi connectivity index (χ2n) is 5.51. The molecule has 0 saturated heterocycles. The number of nitrogens with zero attached hydrogens (tertiary/aromatic N) is 2. The number of nitriles is 2. The predicted octanol–water partition coefficient (Wildman–Crippen LogP) is 3.39. The van der Waals surface area contributed by atoms with Crippen molar-refractivity contribution in [2.45, 2.75) is 20.3 Å². The van der Waals surface area contributed by atoms with Crippen LogP contribution in [0.15, 0.2) is 41.9 Å². The number of benzene rings is 1. The predicted molar refractivity (Wildman–Crippen MR) is 78.2 cm³/mol. The number of aliphatic hydroxyl groups is 2. The third-order valence-electron chi connectivity index (χ3n) is 3.66. The lowest BCUT2D eigenvalue weighted by molar-refractivity contribution is 0.288. The molecular formula is C17H16N2O2. The van der Waals surface area contributed by atoms with E-state index in [4.69, 9.17) is 0 Å². The largest absolute Gasteiger partial charge is 0.504 e. The summed E-state index contributed by atoms with van der Waals surface area (Å²) in [6.07, 6.45) is 2.83. The van der Waals surface area contributed by atoms with Crippen molar-refractivity contribution in [1.29, 1.82) is 10.5 Å². The fourth-order valence-electron chi connectivity index (χ4n) is 2.76. The molecule has 2 unspecified atom stereocenters. The second kappa shape index (κ2) is 5.34. The van der Waals surface area contributed by atoms with Crippen molar-refractivity contribution in [2.75, 3.05) is 0 Å². The van der Waals surface area contributed by atoms with Gasteiger partial charge in [-0.15, -0.1) is 0 Å². The van der Waals surface area contributed by atoms with Crippen LogP contribution in [0.2, 0.25) is 0 Å². The molecule has 0 aromatic heterocycles. The molecule has 0 heterocycles. The summed E-state index contributed by atoms with van der Waals surface area (Å²) in [5.74, 6) is -1.51. The first-order valence-corrected chi connectivity index (χ1v) is 6.61. The summed E-state index contributed by atoms with van der Waals surface area (Å²) in [6, 6.07) is 10.1. The van der Waals surface area contributed by atoms with E-state index in [1.165, 1.54) is 12.2 Å². The number of aliphatic hydroxyl groups excluding tert-OH is 2. The van der Waals surface area contributed by atoms with Crippen LogP contribution in [0.5, 0.6) is 0 Å². The highest BCUT2D eigenvalue weighted by Gasteiger charge is 2.41. The van der Waals surface area contributed by atoms with E-state index in [1.54, 1.807) is 0 Å². The number of hydrogen-bond donors (Lipinski definition) is 2. The first-order chi connectivity index (χ1) is 9.90. The average Bonchev–Trinajstić information content (AvgIpc) is 2.41. The smallest absolute Gasteiger partial charge is 0.154 e. The van der Waals surface area contributed by atoms with Gasteiger partial charge in [0.05, 0.1) is 18.1 Å². The molecule has 4 heteroatoms. The van der Waals surface area contributed by atoms with Crippen LogP contribution in [0.1, 0.15) is 16.7 Å². The zero-order chi connectivity index (χ0) is 15.6. The molecule has 0 radical (unpaired) electrons. The van der Waals surface area contributed by atoms with Gasteiger partial charge in [0.25, 0.3) is 0 Å². The SMILES string of the molecule is Cc1cc(C)cc(CC2(C#N)C=C(O)C(O)=CC2C#N)c1. The lowest BCUT2D eigenvalue weighted by atomic mass is 9.70. The first kappa shape index (κ1) is 14.7. The van der Waals surface area contributed by atoms with Crippen LogP contribution in [0.25, 0.3) is 0 Å². The van der Waals surface area contributed by atoms with Gasteiger partial charge in [0.2, 0.25) is 0 Å². The normalized spacial score (nSPS) is 24.5. The summed E-state index contributed by atoms with van der Waals surface area (Å²) in [5, 5.41) is 38.1. The van der Waals surface area contributed by atoms with Crippen molar-refractivity contribution in [1.82, 2.24) is 0 Å². The summed E-state index contributed by atoms with van der Waals surface area (Å²) in [6.45, 7) is 3.94. The van der Waals surface area contributed by atoms with Gasteiger partial charge in [-0.2, -0.15) is 10.5 Å². The van der Waals surface area contributed by atoms with Gasteiger partial charge >= 0.3 is 0 Å². The zero-order valence-electron chi connectivity index (χ0n) is 12.0. The van der Waals surface area contributed by atoms with Crippen molar-refractivity contribution in [2.24, 2.45) is 11.3 Å². The molecule has 4 nitrogen and oxygen atoms in total. The fourth-order valence-corrected chi connectivity index (χ4v) is 2.76. The molecule has 2 rings (SSSR count). The minimum absolute atomic E-state index is 0.304. The molecule has 1 aliphatic carbocycles. The monoisotopic (exact) mass is 280 g/mol. The molecule has 2 N–H and O–H groups in total. The maximum atomic E-state index is 9.73. The molecule has 0 bridgehead atoms. The summed E-state index contributed by atoms with van der Waals surface area (Å²) >= 11 is 0. The average molecular weight is 280 g/mol. The standard InChI is InChI=1S/C17H16N2O2/c1-11-3-12(2)5-13(4-11)7-17(10-19)8-16(21)15(20)6-14(17)9-18/h3-6,8,14,20-21H,7H2,1-2H3. The summed E-state index contributed by atoms with van der Waals surface area (Å²) < 4.78 is 0. The third kappa shape index (κ3) is 2.75. The number of hydrogen-bond acceptors (Lipinski definition) is 4. The third-order valence-corrected chi connectivity index (χ3v) is 3.66. The van der Waals surface area contributed by atoms with Gasteiger partial charge in [-0.3, -0.25) is 0 Å². The van der Waals surface area contributed by atoms with E-state index < -0.39 is 11.3 Å². The van der Waals surface area contributed by atoms with E-state index in [9.17, 15) is 20.7 Å². The van der Waals surface area contributed by atoms with E-state index in [0.29, 0.717) is 6.42 Å². The molecule has 2 atom stereocenters. The van der Waals surface area contributed by atoms with E-state index in [1.807, 2.05) is 38.1 Å². The van der Waals surface area contributed by atoms with Crippen LogP contribution in [-0.2, 0) is 6.42 Å². The van der Waals surface area contributed by atoms with Crippen LogP contribution in [0, 0.1) is 47.8 Å². The quantitative estimate of drug-likeness (QED) is 0.869. The van der Waals surface area contributed by atoms with E-state index >= 15 is 0 Å². The Hall–Kier alpha value is -2.72. The minimum Gasteiger partial charge on any atom is -0.504 e. The second-order valence-corrected chi connectivity index (χ2v) is 5.51. The van der Waals surface area contributed by atoms with Crippen LogP contribution in [0.4, 0.5) is 0 Å². The zero-order valence-corrected chi connectivity index (χ0v) is 12.0. The molecule has 1 aromatic carbocycles. The maximum Gasteiger partial charge on any atom is 0.154 e. The Bertz CT molecular complexity index is 699. The van der Waals surface area contributed by atoms with E-state index in [2.05, 4.69) is 6.07 Å². The van der Waals surface area contributed by atoms with Gasteiger partial charge in [-0.05, 0) is 38.0 Å². The Morgan fingerprint density at radius 2 is 1.71 bits per heavy atom. The Balaban J connectivity index is 2.48. The topological polar surface area (TPSA) is 88.0 Å². The van der Waals surface area contributed by atoms with Crippen molar-refractivity contribution < 1.29 is 10.2 Å². The van der Waals surface area contributed by atoms with Crippen LogP contribution < -0.4 is 0 Å². The van der Waals surface area contributed by atoms with Gasteiger partial charge in [-0.25, -0.2) is 0 Å². The number of rotatable bonds is 2. The molecule has 1 aromatic rings. The highest BCUT2D eigenvalue weighted by atomic mass is 16.3. The highest BCUT2D eigenvalue weighted by molar-refractivity contribution is 5.40. The number of allylic oxidation sites excluding steroid dienone is 2. The maximum absolute atomic E-state index is 9.73. The summed E-state index contributed by atoms with van der Waals surface area (Å²) in [5.41, 5.74) is 1.90.